The Bertz CT molecular complexity index is 1460. The molecule has 2 aliphatic rings. The van der Waals surface area contributed by atoms with Crippen molar-refractivity contribution in [3.05, 3.63) is 81.2 Å². The van der Waals surface area contributed by atoms with Crippen LogP contribution in [0.5, 0.6) is 0 Å². The first kappa shape index (κ1) is 23.8. The van der Waals surface area contributed by atoms with E-state index in [1.165, 1.54) is 25.0 Å². The summed E-state index contributed by atoms with van der Waals surface area (Å²) in [4.78, 5) is 21.3. The fraction of sp³-hybridized carbons (Fsp3) is 0.429. The van der Waals surface area contributed by atoms with Gasteiger partial charge in [0.05, 0.1) is 6.04 Å². The Morgan fingerprint density at radius 2 is 1.73 bits per heavy atom. The number of halogens is 1. The molecule has 192 valence electrons. The van der Waals surface area contributed by atoms with E-state index in [1.54, 1.807) is 0 Å². The molecule has 0 spiro atoms. The lowest BCUT2D eigenvalue weighted by molar-refractivity contribution is 0.197. The Kier molecular flexibility index (Phi) is 6.24. The number of aryl methyl sites for hydroxylation is 2. The summed E-state index contributed by atoms with van der Waals surface area (Å²) >= 11 is 0. The molecule has 0 bridgehead atoms. The molecule has 0 unspecified atom stereocenters. The van der Waals surface area contributed by atoms with Crippen molar-refractivity contribution in [1.82, 2.24) is 30.1 Å². The van der Waals surface area contributed by atoms with Gasteiger partial charge in [0.1, 0.15) is 11.9 Å². The average Bonchev–Trinajstić information content (AvgIpc) is 3.58. The zero-order chi connectivity index (χ0) is 25.5. The lowest BCUT2D eigenvalue weighted by atomic mass is 9.99. The second kappa shape index (κ2) is 9.70. The first-order chi connectivity index (χ1) is 18.0. The molecule has 4 aromatic rings. The van der Waals surface area contributed by atoms with Crippen molar-refractivity contribution in [2.75, 3.05) is 31.1 Å². The highest BCUT2D eigenvalue weighted by atomic mass is 19.1. The number of nitrogens with one attached hydrogen (secondary N) is 1. The molecule has 1 aliphatic carbocycles. The van der Waals surface area contributed by atoms with E-state index >= 15 is 0 Å². The molecule has 9 heteroatoms. The summed E-state index contributed by atoms with van der Waals surface area (Å²) in [5.41, 5.74) is 4.66. The third-order valence-electron chi connectivity index (χ3n) is 7.94. The molecular weight excluding hydrogens is 469 g/mol. The van der Waals surface area contributed by atoms with Crippen LogP contribution in [0.4, 0.5) is 10.1 Å². The molecular formula is C28H32FN7O. The van der Waals surface area contributed by atoms with E-state index in [1.807, 2.05) is 35.9 Å². The predicted octanol–water partition coefficient (Wildman–Crippen LogP) is 4.30. The Hall–Kier alpha value is -3.59. The smallest absolute Gasteiger partial charge is 0.253 e. The number of hydrogen-bond acceptors (Lipinski definition) is 6. The molecule has 8 nitrogen and oxygen atoms in total. The van der Waals surface area contributed by atoms with E-state index in [0.717, 1.165) is 72.6 Å². The molecule has 1 saturated heterocycles. The van der Waals surface area contributed by atoms with Gasteiger partial charge in [-0.05, 0) is 84.6 Å². The lowest BCUT2D eigenvalue weighted by Crippen LogP contribution is -2.49. The van der Waals surface area contributed by atoms with Gasteiger partial charge in [0.2, 0.25) is 0 Å². The molecule has 2 aromatic heterocycles. The van der Waals surface area contributed by atoms with E-state index in [4.69, 9.17) is 0 Å². The number of H-pyrrole nitrogens is 1. The summed E-state index contributed by atoms with van der Waals surface area (Å²) in [5.74, 6) is 0.499. The SMILES string of the molecule is Cc1cc(C)c2cc([C@@H](c3nnnn3C3CCCC3)N3CCN(c4ccc(F)cc4)CC3)c(=O)[nH]c2c1. The van der Waals surface area contributed by atoms with Gasteiger partial charge in [-0.25, -0.2) is 9.07 Å². The van der Waals surface area contributed by atoms with Crippen LogP contribution < -0.4 is 10.5 Å². The fourth-order valence-electron chi connectivity index (χ4n) is 6.07. The second-order valence-electron chi connectivity index (χ2n) is 10.4. The predicted molar refractivity (Wildman–Crippen MR) is 141 cm³/mol. The molecule has 3 heterocycles. The molecule has 6 rings (SSSR count). The number of aromatic amines is 1. The minimum atomic E-state index is -0.361. The molecule has 2 fully saturated rings. The highest BCUT2D eigenvalue weighted by Crippen LogP contribution is 2.34. The van der Waals surface area contributed by atoms with Crippen LogP contribution in [0.15, 0.2) is 47.3 Å². The Morgan fingerprint density at radius 1 is 1.00 bits per heavy atom. The third-order valence-corrected chi connectivity index (χ3v) is 7.94. The Morgan fingerprint density at radius 3 is 2.46 bits per heavy atom. The molecule has 1 atom stereocenters. The van der Waals surface area contributed by atoms with E-state index in [-0.39, 0.29) is 23.5 Å². The number of benzene rings is 2. The number of pyridine rings is 1. The highest BCUT2D eigenvalue weighted by molar-refractivity contribution is 5.83. The van der Waals surface area contributed by atoms with Crippen molar-refractivity contribution < 1.29 is 4.39 Å². The summed E-state index contributed by atoms with van der Waals surface area (Å²) < 4.78 is 15.4. The van der Waals surface area contributed by atoms with Gasteiger partial charge < -0.3 is 9.88 Å². The van der Waals surface area contributed by atoms with Gasteiger partial charge in [0.15, 0.2) is 5.82 Å². The monoisotopic (exact) mass is 501 g/mol. The number of fused-ring (bicyclic) bond motifs is 1. The average molecular weight is 502 g/mol. The summed E-state index contributed by atoms with van der Waals surface area (Å²) in [6.07, 6.45) is 4.44. The van der Waals surface area contributed by atoms with Crippen LogP contribution in [-0.4, -0.2) is 56.3 Å². The first-order valence-electron chi connectivity index (χ1n) is 13.1. The van der Waals surface area contributed by atoms with E-state index in [9.17, 15) is 9.18 Å². The summed E-state index contributed by atoms with van der Waals surface area (Å²) in [5, 5.41) is 14.0. The molecule has 2 aromatic carbocycles. The number of hydrogen-bond donors (Lipinski definition) is 1. The largest absolute Gasteiger partial charge is 0.369 e. The van der Waals surface area contributed by atoms with Crippen LogP contribution in [0.2, 0.25) is 0 Å². The summed E-state index contributed by atoms with van der Waals surface area (Å²) in [6, 6.07) is 12.7. The van der Waals surface area contributed by atoms with Gasteiger partial charge in [-0.1, -0.05) is 18.9 Å². The van der Waals surface area contributed by atoms with Gasteiger partial charge in [-0.15, -0.1) is 5.10 Å². The number of aromatic nitrogens is 5. The van der Waals surface area contributed by atoms with Gasteiger partial charge in [-0.3, -0.25) is 9.69 Å². The van der Waals surface area contributed by atoms with Gasteiger partial charge in [0, 0.05) is 48.3 Å². The minimum absolute atomic E-state index is 0.107. The van der Waals surface area contributed by atoms with Crippen molar-refractivity contribution in [1.29, 1.82) is 0 Å². The number of tetrazole rings is 1. The topological polar surface area (TPSA) is 82.9 Å². The molecule has 0 radical (unpaired) electrons. The van der Waals surface area contributed by atoms with Gasteiger partial charge >= 0.3 is 0 Å². The van der Waals surface area contributed by atoms with Crippen molar-refractivity contribution in [3.8, 4) is 0 Å². The number of rotatable bonds is 5. The minimum Gasteiger partial charge on any atom is -0.369 e. The van der Waals surface area contributed by atoms with E-state index in [2.05, 4.69) is 43.3 Å². The standard InChI is InChI=1S/C28H32FN7O/c1-18-15-19(2)23-17-24(28(37)30-25(23)16-18)26(27-31-32-33-36(27)22-5-3-4-6-22)35-13-11-34(12-14-35)21-9-7-20(29)8-10-21/h7-10,15-17,22,26H,3-6,11-14H2,1-2H3,(H,30,37)/t26-/m0/s1. The maximum Gasteiger partial charge on any atom is 0.253 e. The van der Waals surface area contributed by atoms with Gasteiger partial charge in [-0.2, -0.15) is 0 Å². The van der Waals surface area contributed by atoms with Gasteiger partial charge in [0.25, 0.3) is 5.56 Å². The maximum atomic E-state index is 13.6. The van der Waals surface area contributed by atoms with Crippen LogP contribution in [0, 0.1) is 19.7 Å². The summed E-state index contributed by atoms with van der Waals surface area (Å²) in [7, 11) is 0. The summed E-state index contributed by atoms with van der Waals surface area (Å²) in [6.45, 7) is 7.09. The van der Waals surface area contributed by atoms with Crippen LogP contribution >= 0.6 is 0 Å². The quantitative estimate of drug-likeness (QED) is 0.439. The van der Waals surface area contributed by atoms with Crippen LogP contribution in [-0.2, 0) is 0 Å². The van der Waals surface area contributed by atoms with Crippen molar-refractivity contribution in [2.24, 2.45) is 0 Å². The molecule has 37 heavy (non-hydrogen) atoms. The van der Waals surface area contributed by atoms with Crippen molar-refractivity contribution >= 4 is 16.6 Å². The van der Waals surface area contributed by atoms with Crippen LogP contribution in [0.1, 0.15) is 60.3 Å². The zero-order valence-electron chi connectivity index (χ0n) is 21.3. The van der Waals surface area contributed by atoms with Crippen LogP contribution in [0.3, 0.4) is 0 Å². The second-order valence-corrected chi connectivity index (χ2v) is 10.4. The molecule has 1 saturated carbocycles. The normalized spacial score (nSPS) is 18.1. The third kappa shape index (κ3) is 4.52. The fourth-order valence-corrected chi connectivity index (χ4v) is 6.07. The number of nitrogens with zero attached hydrogens (tertiary/aromatic N) is 6. The van der Waals surface area contributed by atoms with Crippen LogP contribution in [0.25, 0.3) is 10.9 Å². The van der Waals surface area contributed by atoms with Crippen molar-refractivity contribution in [2.45, 2.75) is 51.6 Å². The zero-order valence-corrected chi connectivity index (χ0v) is 21.3. The molecule has 1 N–H and O–H groups in total. The van der Waals surface area contributed by atoms with E-state index in [0.29, 0.717) is 5.56 Å². The molecule has 0 amide bonds. The maximum absolute atomic E-state index is 13.6. The lowest BCUT2D eigenvalue weighted by Gasteiger charge is -2.39. The van der Waals surface area contributed by atoms with E-state index < -0.39 is 0 Å². The first-order valence-corrected chi connectivity index (χ1v) is 13.1. The number of anilines is 1. The molecule has 1 aliphatic heterocycles. The highest BCUT2D eigenvalue weighted by Gasteiger charge is 2.35. The Balaban J connectivity index is 1.40. The Labute approximate surface area is 215 Å². The van der Waals surface area contributed by atoms with Crippen molar-refractivity contribution in [3.63, 3.8) is 0 Å². The number of piperazine rings is 1.